The van der Waals surface area contributed by atoms with E-state index in [9.17, 15) is 4.79 Å². The summed E-state index contributed by atoms with van der Waals surface area (Å²) in [5.74, 6) is 0.518. The van der Waals surface area contributed by atoms with Gasteiger partial charge in [-0.25, -0.2) is 9.97 Å². The Hall–Kier alpha value is -3.22. The monoisotopic (exact) mass is 375 g/mol. The number of benzene rings is 1. The number of hydrogen-bond donors (Lipinski definition) is 2. The molecule has 142 valence electrons. The van der Waals surface area contributed by atoms with E-state index in [1.165, 1.54) is 5.56 Å². The smallest absolute Gasteiger partial charge is 0.309 e. The molecule has 3 heterocycles. The summed E-state index contributed by atoms with van der Waals surface area (Å²) in [5, 5.41) is 4.39. The Kier molecular flexibility index (Phi) is 4.07. The van der Waals surface area contributed by atoms with Crippen LogP contribution in [0.5, 0.6) is 0 Å². The first kappa shape index (κ1) is 16.9. The molecule has 2 aliphatic rings. The van der Waals surface area contributed by atoms with Gasteiger partial charge < -0.3 is 15.0 Å². The normalized spacial score (nSPS) is 17.4. The first-order chi connectivity index (χ1) is 13.7. The molecule has 28 heavy (non-hydrogen) atoms. The average Bonchev–Trinajstić information content (AvgIpc) is 3.31. The molecule has 0 spiro atoms. The van der Waals surface area contributed by atoms with Gasteiger partial charge in [0.25, 0.3) is 0 Å². The van der Waals surface area contributed by atoms with Gasteiger partial charge in [-0.2, -0.15) is 0 Å². The molecular weight excluding hydrogens is 354 g/mol. The SMILES string of the molecule is CCOC(=O)C1CCc2[nH]c3ncnc(Nc4ccc5c(c4)C=NC5)c3c2C1. The maximum absolute atomic E-state index is 12.3. The van der Waals surface area contributed by atoms with Gasteiger partial charge in [-0.15, -0.1) is 0 Å². The van der Waals surface area contributed by atoms with Crippen molar-refractivity contribution in [3.8, 4) is 0 Å². The van der Waals surface area contributed by atoms with Crippen molar-refractivity contribution in [3.63, 3.8) is 0 Å². The molecule has 0 bridgehead atoms. The van der Waals surface area contributed by atoms with E-state index in [0.717, 1.165) is 58.7 Å². The number of H-pyrrole nitrogens is 1. The van der Waals surface area contributed by atoms with Crippen LogP contribution in [0.4, 0.5) is 11.5 Å². The molecule has 1 aromatic carbocycles. The number of nitrogens with zero attached hydrogens (tertiary/aromatic N) is 3. The van der Waals surface area contributed by atoms with E-state index in [1.54, 1.807) is 6.33 Å². The maximum atomic E-state index is 12.3. The number of rotatable bonds is 4. The average molecular weight is 375 g/mol. The lowest BCUT2D eigenvalue weighted by Gasteiger charge is -2.21. The quantitative estimate of drug-likeness (QED) is 0.683. The Labute approximate surface area is 162 Å². The number of carbonyl (C=O) groups is 1. The molecule has 1 atom stereocenters. The van der Waals surface area contributed by atoms with E-state index in [2.05, 4.69) is 37.4 Å². The van der Waals surface area contributed by atoms with E-state index >= 15 is 0 Å². The molecule has 7 nitrogen and oxygen atoms in total. The van der Waals surface area contributed by atoms with Gasteiger partial charge in [-0.05, 0) is 55.0 Å². The third kappa shape index (κ3) is 2.83. The Morgan fingerprint density at radius 2 is 2.29 bits per heavy atom. The van der Waals surface area contributed by atoms with Gasteiger partial charge in [0.2, 0.25) is 0 Å². The highest BCUT2D eigenvalue weighted by Crippen LogP contribution is 2.35. The number of anilines is 2. The van der Waals surface area contributed by atoms with E-state index in [0.29, 0.717) is 13.0 Å². The first-order valence-corrected chi connectivity index (χ1v) is 9.63. The molecule has 2 N–H and O–H groups in total. The van der Waals surface area contributed by atoms with Crippen LogP contribution in [0.1, 0.15) is 35.7 Å². The summed E-state index contributed by atoms with van der Waals surface area (Å²) in [4.78, 5) is 28.9. The fourth-order valence-corrected chi connectivity index (χ4v) is 4.11. The zero-order valence-corrected chi connectivity index (χ0v) is 15.7. The third-order valence-electron chi connectivity index (χ3n) is 5.50. The highest BCUT2D eigenvalue weighted by Gasteiger charge is 2.29. The Balaban J connectivity index is 1.51. The standard InChI is InChI=1S/C21H21N5O2/c1-2-28-21(27)12-4-6-17-16(8-12)18-19(23-11-24-20(18)26-17)25-15-5-3-13-9-22-10-14(13)7-15/h3,5,7,10-12H,2,4,6,8-9H2,1H3,(H2,23,24,25,26). The summed E-state index contributed by atoms with van der Waals surface area (Å²) >= 11 is 0. The number of esters is 1. The van der Waals surface area contributed by atoms with Gasteiger partial charge in [0, 0.05) is 17.6 Å². The molecule has 0 amide bonds. The number of ether oxygens (including phenoxy) is 1. The molecule has 1 unspecified atom stereocenters. The van der Waals surface area contributed by atoms with Gasteiger partial charge in [-0.1, -0.05) is 6.07 Å². The minimum absolute atomic E-state index is 0.115. The van der Waals surface area contributed by atoms with Crippen molar-refractivity contribution in [1.82, 2.24) is 15.0 Å². The third-order valence-corrected chi connectivity index (χ3v) is 5.50. The van der Waals surface area contributed by atoms with Crippen molar-refractivity contribution in [2.24, 2.45) is 10.9 Å². The topological polar surface area (TPSA) is 92.3 Å². The van der Waals surface area contributed by atoms with Crippen LogP contribution in [-0.2, 0) is 28.9 Å². The fraction of sp³-hybridized carbons (Fsp3) is 0.333. The van der Waals surface area contributed by atoms with E-state index in [4.69, 9.17) is 4.74 Å². The summed E-state index contributed by atoms with van der Waals surface area (Å²) in [7, 11) is 0. The highest BCUT2D eigenvalue weighted by molar-refractivity contribution is 5.94. The predicted octanol–water partition coefficient (Wildman–Crippen LogP) is 3.30. The lowest BCUT2D eigenvalue weighted by Crippen LogP contribution is -2.24. The molecule has 2 aromatic heterocycles. The number of fused-ring (bicyclic) bond motifs is 4. The zero-order chi connectivity index (χ0) is 19.1. The lowest BCUT2D eigenvalue weighted by molar-refractivity contribution is -0.148. The van der Waals surface area contributed by atoms with Crippen molar-refractivity contribution < 1.29 is 9.53 Å². The molecule has 7 heteroatoms. The van der Waals surface area contributed by atoms with E-state index < -0.39 is 0 Å². The highest BCUT2D eigenvalue weighted by atomic mass is 16.5. The van der Waals surface area contributed by atoms with Crippen LogP contribution in [0.25, 0.3) is 11.0 Å². The molecule has 0 saturated carbocycles. The molecule has 1 aliphatic carbocycles. The van der Waals surface area contributed by atoms with Crippen molar-refractivity contribution in [2.45, 2.75) is 32.7 Å². The van der Waals surface area contributed by atoms with Crippen LogP contribution in [0, 0.1) is 5.92 Å². The zero-order valence-electron chi connectivity index (χ0n) is 15.7. The van der Waals surface area contributed by atoms with Gasteiger partial charge in [0.15, 0.2) is 0 Å². The summed E-state index contributed by atoms with van der Waals surface area (Å²) < 4.78 is 5.25. The molecule has 0 saturated heterocycles. The number of nitrogens with one attached hydrogen (secondary N) is 2. The van der Waals surface area contributed by atoms with Gasteiger partial charge in [0.1, 0.15) is 17.8 Å². The van der Waals surface area contributed by atoms with Gasteiger partial charge >= 0.3 is 5.97 Å². The lowest BCUT2D eigenvalue weighted by atomic mass is 9.86. The van der Waals surface area contributed by atoms with Crippen LogP contribution < -0.4 is 5.32 Å². The van der Waals surface area contributed by atoms with E-state index in [1.807, 2.05) is 19.2 Å². The number of carbonyl (C=O) groups excluding carboxylic acids is 1. The molecule has 0 radical (unpaired) electrons. The Morgan fingerprint density at radius 1 is 1.36 bits per heavy atom. The van der Waals surface area contributed by atoms with E-state index in [-0.39, 0.29) is 11.9 Å². The van der Waals surface area contributed by atoms with Crippen LogP contribution in [0.2, 0.25) is 0 Å². The second-order valence-electron chi connectivity index (χ2n) is 7.23. The summed E-state index contributed by atoms with van der Waals surface area (Å²) in [5.41, 5.74) is 6.38. The van der Waals surface area contributed by atoms with Crippen molar-refractivity contribution in [3.05, 3.63) is 46.9 Å². The van der Waals surface area contributed by atoms with Crippen molar-refractivity contribution >= 4 is 34.7 Å². The number of aryl methyl sites for hydroxylation is 1. The Morgan fingerprint density at radius 3 is 3.18 bits per heavy atom. The first-order valence-electron chi connectivity index (χ1n) is 9.63. The van der Waals surface area contributed by atoms with Gasteiger partial charge in [0.05, 0.1) is 24.5 Å². The second-order valence-corrected chi connectivity index (χ2v) is 7.23. The fourth-order valence-electron chi connectivity index (χ4n) is 4.11. The summed E-state index contributed by atoms with van der Waals surface area (Å²) in [6.45, 7) is 3.00. The largest absolute Gasteiger partial charge is 0.466 e. The van der Waals surface area contributed by atoms with Gasteiger partial charge in [-0.3, -0.25) is 9.79 Å². The molecule has 3 aromatic rings. The number of aliphatic imine (C=N–C) groups is 1. The van der Waals surface area contributed by atoms with Crippen LogP contribution in [0.3, 0.4) is 0 Å². The molecule has 1 aliphatic heterocycles. The van der Waals surface area contributed by atoms with Crippen molar-refractivity contribution in [2.75, 3.05) is 11.9 Å². The number of hydrogen-bond acceptors (Lipinski definition) is 6. The van der Waals surface area contributed by atoms with Crippen molar-refractivity contribution in [1.29, 1.82) is 0 Å². The van der Waals surface area contributed by atoms with Crippen LogP contribution in [-0.4, -0.2) is 33.7 Å². The molecule has 5 rings (SSSR count). The van der Waals surface area contributed by atoms with Crippen LogP contribution >= 0.6 is 0 Å². The Bertz CT molecular complexity index is 1100. The number of aromatic amines is 1. The second kappa shape index (κ2) is 6.74. The molecular formula is C21H21N5O2. The predicted molar refractivity (Wildman–Crippen MR) is 107 cm³/mol. The minimum atomic E-state index is -0.119. The summed E-state index contributed by atoms with van der Waals surface area (Å²) in [6, 6.07) is 6.22. The summed E-state index contributed by atoms with van der Waals surface area (Å²) in [6.07, 6.45) is 5.71. The maximum Gasteiger partial charge on any atom is 0.309 e. The minimum Gasteiger partial charge on any atom is -0.466 e. The molecule has 0 fully saturated rings. The number of aromatic nitrogens is 3. The van der Waals surface area contributed by atoms with Crippen LogP contribution in [0.15, 0.2) is 29.5 Å².